The molecule has 0 spiro atoms. The van der Waals surface area contributed by atoms with E-state index in [4.69, 9.17) is 9.84 Å². The molecule has 2 rings (SSSR count). The minimum absolute atomic E-state index is 0.109. The second kappa shape index (κ2) is 4.23. The first kappa shape index (κ1) is 9.86. The molecule has 0 radical (unpaired) electrons. The Morgan fingerprint density at radius 3 is 2.93 bits per heavy atom. The number of fused-ring (bicyclic) bond motifs is 1. The Morgan fingerprint density at radius 2 is 2.20 bits per heavy atom. The van der Waals surface area contributed by atoms with Crippen LogP contribution in [-0.2, 0) is 6.42 Å². The Balaban J connectivity index is 2.59. The summed E-state index contributed by atoms with van der Waals surface area (Å²) in [7, 11) is 1.58. The van der Waals surface area contributed by atoms with Crippen LogP contribution < -0.4 is 4.74 Å². The van der Waals surface area contributed by atoms with Crippen LogP contribution in [-0.4, -0.2) is 28.8 Å². The zero-order chi connectivity index (χ0) is 10.7. The minimum Gasteiger partial charge on any atom is -0.481 e. The zero-order valence-electron chi connectivity index (χ0n) is 8.47. The second-order valence-electron chi connectivity index (χ2n) is 3.17. The number of hydrogen-bond acceptors (Lipinski definition) is 4. The molecule has 2 aromatic heterocycles. The third-order valence-corrected chi connectivity index (χ3v) is 2.23. The molecule has 4 nitrogen and oxygen atoms in total. The maximum absolute atomic E-state index is 8.93. The van der Waals surface area contributed by atoms with E-state index in [1.807, 2.05) is 12.1 Å². The number of hydrogen-bond donors (Lipinski definition) is 1. The van der Waals surface area contributed by atoms with Crippen LogP contribution in [0.25, 0.3) is 11.0 Å². The molecule has 4 heteroatoms. The lowest BCUT2D eigenvalue weighted by Crippen LogP contribution is -1.96. The SMILES string of the molecule is COc1ccc2nccc(CCO)c2n1. The summed E-state index contributed by atoms with van der Waals surface area (Å²) in [5.41, 5.74) is 2.61. The van der Waals surface area contributed by atoms with E-state index in [9.17, 15) is 0 Å². The average molecular weight is 204 g/mol. The van der Waals surface area contributed by atoms with Crippen molar-refractivity contribution in [3.8, 4) is 5.88 Å². The quantitative estimate of drug-likeness (QED) is 0.815. The fourth-order valence-corrected chi connectivity index (χ4v) is 1.50. The predicted octanol–water partition coefficient (Wildman–Crippen LogP) is 1.17. The van der Waals surface area contributed by atoms with E-state index in [1.165, 1.54) is 0 Å². The standard InChI is InChI=1S/C11H12N2O2/c1-15-10-3-2-9-11(13-10)8(5-7-14)4-6-12-9/h2-4,6,14H,5,7H2,1H3. The highest BCUT2D eigenvalue weighted by atomic mass is 16.5. The highest BCUT2D eigenvalue weighted by Gasteiger charge is 2.04. The molecular weight excluding hydrogens is 192 g/mol. The largest absolute Gasteiger partial charge is 0.481 e. The van der Waals surface area contributed by atoms with Gasteiger partial charge in [-0.2, -0.15) is 0 Å². The van der Waals surface area contributed by atoms with Gasteiger partial charge in [0.15, 0.2) is 0 Å². The van der Waals surface area contributed by atoms with Crippen molar-refractivity contribution >= 4 is 11.0 Å². The molecule has 0 bridgehead atoms. The molecule has 0 saturated carbocycles. The van der Waals surface area contributed by atoms with Gasteiger partial charge in [0.05, 0.1) is 18.1 Å². The predicted molar refractivity (Wildman–Crippen MR) is 56.9 cm³/mol. The number of aliphatic hydroxyl groups excluding tert-OH is 1. The number of pyridine rings is 2. The number of aliphatic hydroxyl groups is 1. The summed E-state index contributed by atoms with van der Waals surface area (Å²) in [6.07, 6.45) is 2.31. The van der Waals surface area contributed by atoms with Gasteiger partial charge in [0.1, 0.15) is 0 Å². The maximum atomic E-state index is 8.93. The lowest BCUT2D eigenvalue weighted by atomic mass is 10.1. The summed E-state index contributed by atoms with van der Waals surface area (Å²) in [5.74, 6) is 0.565. The molecule has 0 atom stereocenters. The van der Waals surface area contributed by atoms with Crippen LogP contribution in [0.5, 0.6) is 5.88 Å². The summed E-state index contributed by atoms with van der Waals surface area (Å²) >= 11 is 0. The van der Waals surface area contributed by atoms with Gasteiger partial charge in [-0.1, -0.05) is 0 Å². The second-order valence-corrected chi connectivity index (χ2v) is 3.17. The third kappa shape index (κ3) is 1.89. The maximum Gasteiger partial charge on any atom is 0.213 e. The summed E-state index contributed by atoms with van der Waals surface area (Å²) in [5, 5.41) is 8.93. The van der Waals surface area contributed by atoms with Crippen molar-refractivity contribution in [2.75, 3.05) is 13.7 Å². The molecule has 0 aliphatic rings. The van der Waals surface area contributed by atoms with Crippen molar-refractivity contribution in [2.24, 2.45) is 0 Å². The molecule has 0 fully saturated rings. The summed E-state index contributed by atoms with van der Waals surface area (Å²) in [4.78, 5) is 8.52. The van der Waals surface area contributed by atoms with Crippen molar-refractivity contribution in [3.05, 3.63) is 30.0 Å². The van der Waals surface area contributed by atoms with E-state index >= 15 is 0 Å². The fraction of sp³-hybridized carbons (Fsp3) is 0.273. The van der Waals surface area contributed by atoms with Gasteiger partial charge in [-0.05, 0) is 24.1 Å². The van der Waals surface area contributed by atoms with Crippen LogP contribution in [0.3, 0.4) is 0 Å². The Labute approximate surface area is 87.6 Å². The van der Waals surface area contributed by atoms with E-state index in [2.05, 4.69) is 9.97 Å². The molecule has 0 aliphatic carbocycles. The third-order valence-electron chi connectivity index (χ3n) is 2.23. The number of aromatic nitrogens is 2. The van der Waals surface area contributed by atoms with Crippen molar-refractivity contribution in [1.82, 2.24) is 9.97 Å². The lowest BCUT2D eigenvalue weighted by Gasteiger charge is -2.05. The number of rotatable bonds is 3. The molecule has 0 aromatic carbocycles. The van der Waals surface area contributed by atoms with Crippen LogP contribution in [0.1, 0.15) is 5.56 Å². The Morgan fingerprint density at radius 1 is 1.33 bits per heavy atom. The molecule has 2 heterocycles. The molecule has 15 heavy (non-hydrogen) atoms. The normalized spacial score (nSPS) is 10.5. The molecule has 1 N–H and O–H groups in total. The molecular formula is C11H12N2O2. The Hall–Kier alpha value is -1.68. The first-order chi connectivity index (χ1) is 7.35. The van der Waals surface area contributed by atoms with E-state index in [1.54, 1.807) is 19.4 Å². The summed E-state index contributed by atoms with van der Waals surface area (Å²) in [6, 6.07) is 5.51. The van der Waals surface area contributed by atoms with Crippen LogP contribution in [0.4, 0.5) is 0 Å². The Bertz CT molecular complexity index is 471. The minimum atomic E-state index is 0.109. The van der Waals surface area contributed by atoms with Gasteiger partial charge < -0.3 is 9.84 Å². The van der Waals surface area contributed by atoms with Crippen LogP contribution in [0, 0.1) is 0 Å². The smallest absolute Gasteiger partial charge is 0.213 e. The topological polar surface area (TPSA) is 55.2 Å². The van der Waals surface area contributed by atoms with Gasteiger partial charge in [0, 0.05) is 18.9 Å². The number of ether oxygens (including phenoxy) is 1. The van der Waals surface area contributed by atoms with Gasteiger partial charge in [-0.15, -0.1) is 0 Å². The summed E-state index contributed by atoms with van der Waals surface area (Å²) < 4.78 is 5.05. The van der Waals surface area contributed by atoms with E-state index in [0.29, 0.717) is 12.3 Å². The molecule has 0 unspecified atom stereocenters. The van der Waals surface area contributed by atoms with Crippen molar-refractivity contribution in [3.63, 3.8) is 0 Å². The Kier molecular flexibility index (Phi) is 2.78. The van der Waals surface area contributed by atoms with Gasteiger partial charge in [-0.25, -0.2) is 4.98 Å². The van der Waals surface area contributed by atoms with Gasteiger partial charge in [0.25, 0.3) is 0 Å². The highest BCUT2D eigenvalue weighted by molar-refractivity contribution is 5.78. The van der Waals surface area contributed by atoms with Crippen LogP contribution in [0.15, 0.2) is 24.4 Å². The molecule has 2 aromatic rings. The molecule has 78 valence electrons. The average Bonchev–Trinajstić information content (AvgIpc) is 2.29. The van der Waals surface area contributed by atoms with Crippen LogP contribution >= 0.6 is 0 Å². The van der Waals surface area contributed by atoms with Crippen molar-refractivity contribution < 1.29 is 9.84 Å². The first-order valence-corrected chi connectivity index (χ1v) is 4.74. The highest BCUT2D eigenvalue weighted by Crippen LogP contribution is 2.18. The first-order valence-electron chi connectivity index (χ1n) is 4.74. The van der Waals surface area contributed by atoms with E-state index in [0.717, 1.165) is 16.6 Å². The molecule has 0 aliphatic heterocycles. The van der Waals surface area contributed by atoms with Gasteiger partial charge in [-0.3, -0.25) is 4.98 Å². The molecule has 0 amide bonds. The lowest BCUT2D eigenvalue weighted by molar-refractivity contribution is 0.300. The molecule has 0 saturated heterocycles. The van der Waals surface area contributed by atoms with Crippen LogP contribution in [0.2, 0.25) is 0 Å². The fourth-order valence-electron chi connectivity index (χ4n) is 1.50. The van der Waals surface area contributed by atoms with E-state index < -0.39 is 0 Å². The number of methoxy groups -OCH3 is 1. The van der Waals surface area contributed by atoms with E-state index in [-0.39, 0.29) is 6.61 Å². The zero-order valence-corrected chi connectivity index (χ0v) is 8.47. The monoisotopic (exact) mass is 204 g/mol. The number of nitrogens with zero attached hydrogens (tertiary/aromatic N) is 2. The van der Waals surface area contributed by atoms with Crippen molar-refractivity contribution in [1.29, 1.82) is 0 Å². The van der Waals surface area contributed by atoms with Gasteiger partial charge >= 0.3 is 0 Å². The van der Waals surface area contributed by atoms with Gasteiger partial charge in [0.2, 0.25) is 5.88 Å². The van der Waals surface area contributed by atoms with Crippen molar-refractivity contribution in [2.45, 2.75) is 6.42 Å². The summed E-state index contributed by atoms with van der Waals surface area (Å²) in [6.45, 7) is 0.109.